The molecular formula is C16H25N4O3S+. The Morgan fingerprint density at radius 3 is 2.12 bits per heavy atom. The molecule has 0 fully saturated rings. The second-order valence-corrected chi connectivity index (χ2v) is 6.06. The highest BCUT2D eigenvalue weighted by atomic mass is 32.2. The zero-order valence-corrected chi connectivity index (χ0v) is 15.7. The second-order valence-electron chi connectivity index (χ2n) is 5.35. The SMILES string of the molecule is COOOSc1c(C)cc(C)cc1C.Cc1cc(N)nc(C)[n+]1N. The molecule has 0 bridgehead atoms. The van der Waals surface area contributed by atoms with Crippen LogP contribution in [0.1, 0.15) is 28.2 Å². The van der Waals surface area contributed by atoms with E-state index in [9.17, 15) is 0 Å². The van der Waals surface area contributed by atoms with Crippen molar-refractivity contribution in [2.45, 2.75) is 39.5 Å². The molecular weight excluding hydrogens is 328 g/mol. The molecule has 0 amide bonds. The first kappa shape index (κ1) is 20.2. The molecule has 8 heteroatoms. The van der Waals surface area contributed by atoms with Crippen molar-refractivity contribution in [2.75, 3.05) is 18.7 Å². The van der Waals surface area contributed by atoms with Gasteiger partial charge in [0.1, 0.15) is 5.69 Å². The van der Waals surface area contributed by atoms with Gasteiger partial charge in [-0.1, -0.05) is 22.7 Å². The summed E-state index contributed by atoms with van der Waals surface area (Å²) in [5, 5.41) is 4.34. The van der Waals surface area contributed by atoms with E-state index in [1.54, 1.807) is 6.07 Å². The lowest BCUT2D eigenvalue weighted by atomic mass is 10.1. The first-order chi connectivity index (χ1) is 11.3. The van der Waals surface area contributed by atoms with E-state index < -0.39 is 0 Å². The lowest BCUT2D eigenvalue weighted by Crippen LogP contribution is -2.50. The summed E-state index contributed by atoms with van der Waals surface area (Å²) in [6.07, 6.45) is 0. The van der Waals surface area contributed by atoms with Crippen molar-refractivity contribution in [3.05, 3.63) is 46.4 Å². The van der Waals surface area contributed by atoms with Crippen LogP contribution in [0, 0.1) is 34.6 Å². The van der Waals surface area contributed by atoms with Gasteiger partial charge in [-0.05, 0) is 36.9 Å². The molecule has 132 valence electrons. The van der Waals surface area contributed by atoms with Gasteiger partial charge in [-0.2, -0.15) is 0 Å². The molecule has 0 aliphatic carbocycles. The van der Waals surface area contributed by atoms with Crippen molar-refractivity contribution in [3.63, 3.8) is 0 Å². The van der Waals surface area contributed by atoms with Crippen LogP contribution in [0.5, 0.6) is 0 Å². The number of nitrogens with zero attached hydrogens (tertiary/aromatic N) is 2. The Morgan fingerprint density at radius 1 is 1.04 bits per heavy atom. The van der Waals surface area contributed by atoms with Crippen molar-refractivity contribution in [3.8, 4) is 0 Å². The van der Waals surface area contributed by atoms with E-state index in [1.807, 2.05) is 27.7 Å². The second kappa shape index (κ2) is 9.43. The lowest BCUT2D eigenvalue weighted by Gasteiger charge is -2.08. The highest BCUT2D eigenvalue weighted by Gasteiger charge is 2.08. The summed E-state index contributed by atoms with van der Waals surface area (Å²) < 4.78 is 6.26. The topological polar surface area (TPSA) is 96.5 Å². The highest BCUT2D eigenvalue weighted by Crippen LogP contribution is 2.28. The predicted molar refractivity (Wildman–Crippen MR) is 94.2 cm³/mol. The molecule has 0 spiro atoms. The van der Waals surface area contributed by atoms with Gasteiger partial charge in [0.25, 0.3) is 0 Å². The van der Waals surface area contributed by atoms with Gasteiger partial charge >= 0.3 is 5.82 Å². The first-order valence-corrected chi connectivity index (χ1v) is 8.03. The number of hydrogen-bond donors (Lipinski definition) is 2. The molecule has 2 aromatic rings. The minimum absolute atomic E-state index is 0.511. The minimum atomic E-state index is 0.511. The van der Waals surface area contributed by atoms with Crippen LogP contribution in [0.3, 0.4) is 0 Å². The molecule has 0 saturated carbocycles. The summed E-state index contributed by atoms with van der Waals surface area (Å²) in [6, 6.07) is 5.93. The normalized spacial score (nSPS) is 10.2. The number of anilines is 1. The minimum Gasteiger partial charge on any atom is -0.363 e. The zero-order valence-electron chi connectivity index (χ0n) is 14.9. The smallest absolute Gasteiger partial charge is 0.320 e. The summed E-state index contributed by atoms with van der Waals surface area (Å²) in [7, 11) is 1.40. The van der Waals surface area contributed by atoms with E-state index in [-0.39, 0.29) is 0 Å². The van der Waals surface area contributed by atoms with E-state index in [4.69, 9.17) is 15.9 Å². The van der Waals surface area contributed by atoms with E-state index >= 15 is 0 Å². The van der Waals surface area contributed by atoms with Crippen LogP contribution >= 0.6 is 12.0 Å². The largest absolute Gasteiger partial charge is 0.363 e. The fourth-order valence-electron chi connectivity index (χ4n) is 2.19. The maximum absolute atomic E-state index is 5.55. The number of nitrogens with two attached hydrogens (primary N) is 2. The van der Waals surface area contributed by atoms with Gasteiger partial charge in [0.2, 0.25) is 5.82 Å². The molecule has 4 N–H and O–H groups in total. The molecule has 0 aliphatic heterocycles. The highest BCUT2D eigenvalue weighted by molar-refractivity contribution is 7.94. The van der Waals surface area contributed by atoms with Gasteiger partial charge in [-0.3, -0.25) is 5.84 Å². The van der Waals surface area contributed by atoms with Crippen molar-refractivity contribution in [1.29, 1.82) is 0 Å². The molecule has 7 nitrogen and oxygen atoms in total. The summed E-state index contributed by atoms with van der Waals surface area (Å²) in [5.74, 6) is 6.78. The number of hydrogen-bond acceptors (Lipinski definition) is 7. The number of rotatable bonds is 4. The van der Waals surface area contributed by atoms with E-state index in [2.05, 4.69) is 34.0 Å². The summed E-state index contributed by atoms with van der Waals surface area (Å²) in [4.78, 5) is 9.34. The molecule has 1 heterocycles. The third-order valence-corrected chi connectivity index (χ3v) is 4.13. The number of aryl methyl sites for hydroxylation is 5. The predicted octanol–water partition coefficient (Wildman–Crippen LogP) is 2.41. The Bertz CT molecular complexity index is 649. The molecule has 2 rings (SSSR count). The molecule has 0 unspecified atom stereocenters. The van der Waals surface area contributed by atoms with Crippen LogP contribution in [-0.2, 0) is 14.3 Å². The molecule has 1 aromatic heterocycles. The van der Waals surface area contributed by atoms with Crippen LogP contribution in [0.25, 0.3) is 0 Å². The van der Waals surface area contributed by atoms with E-state index in [1.165, 1.54) is 28.5 Å². The lowest BCUT2D eigenvalue weighted by molar-refractivity contribution is -0.655. The third kappa shape index (κ3) is 5.97. The maximum Gasteiger partial charge on any atom is 0.320 e. The van der Waals surface area contributed by atoms with Crippen LogP contribution in [0.2, 0.25) is 0 Å². The van der Waals surface area contributed by atoms with Crippen molar-refractivity contribution < 1.29 is 18.9 Å². The molecule has 24 heavy (non-hydrogen) atoms. The Balaban J connectivity index is 0.000000254. The summed E-state index contributed by atoms with van der Waals surface area (Å²) >= 11 is 1.16. The molecule has 0 aliphatic rings. The molecule has 0 radical (unpaired) electrons. The average molecular weight is 353 g/mol. The van der Waals surface area contributed by atoms with Crippen molar-refractivity contribution >= 4 is 17.9 Å². The fraction of sp³-hybridized carbons (Fsp3) is 0.375. The Kier molecular flexibility index (Phi) is 7.93. The standard InChI is InChI=1S/C10H14O3S.C6H10N4/c1-7-5-8(2)10(9(3)6-7)14-13-12-11-4;1-4-3-6(7)9-5(2)10(4)8/h5-6H,1-4H3;3,7H,8H2,1-2H3/p+1. The molecule has 0 saturated heterocycles. The maximum atomic E-state index is 5.55. The monoisotopic (exact) mass is 353 g/mol. The van der Waals surface area contributed by atoms with Crippen LogP contribution in [0.4, 0.5) is 5.82 Å². The third-order valence-electron chi connectivity index (χ3n) is 3.19. The summed E-state index contributed by atoms with van der Waals surface area (Å²) in [6.45, 7) is 9.84. The Morgan fingerprint density at radius 2 is 1.62 bits per heavy atom. The van der Waals surface area contributed by atoms with Gasteiger partial charge in [0, 0.05) is 18.7 Å². The molecule has 0 atom stereocenters. The number of benzene rings is 1. The van der Waals surface area contributed by atoms with Gasteiger partial charge < -0.3 is 5.73 Å². The van der Waals surface area contributed by atoms with Gasteiger partial charge in [0.15, 0.2) is 0 Å². The van der Waals surface area contributed by atoms with Crippen molar-refractivity contribution in [2.24, 2.45) is 0 Å². The zero-order chi connectivity index (χ0) is 18.3. The Hall–Kier alpha value is -1.87. The average Bonchev–Trinajstić information content (AvgIpc) is 2.48. The van der Waals surface area contributed by atoms with Gasteiger partial charge in [0.05, 0.1) is 25.2 Å². The number of aromatic nitrogens is 2. The quantitative estimate of drug-likeness (QED) is 0.218. The van der Waals surface area contributed by atoms with Crippen LogP contribution in [0.15, 0.2) is 23.1 Å². The van der Waals surface area contributed by atoms with Crippen LogP contribution < -0.4 is 16.3 Å². The van der Waals surface area contributed by atoms with Crippen LogP contribution in [-0.4, -0.2) is 12.1 Å². The first-order valence-electron chi connectivity index (χ1n) is 7.29. The summed E-state index contributed by atoms with van der Waals surface area (Å²) in [5.41, 5.74) is 9.95. The van der Waals surface area contributed by atoms with E-state index in [0.29, 0.717) is 5.82 Å². The fourth-order valence-corrected chi connectivity index (χ4v) is 2.72. The van der Waals surface area contributed by atoms with Gasteiger partial charge in [-0.25, -0.2) is 4.89 Å². The van der Waals surface area contributed by atoms with Gasteiger partial charge in [-0.15, -0.1) is 9.01 Å². The van der Waals surface area contributed by atoms with Crippen molar-refractivity contribution in [1.82, 2.24) is 4.98 Å². The number of nitrogen functional groups attached to an aromatic ring is 2. The Labute approximate surface area is 147 Å². The van der Waals surface area contributed by atoms with E-state index in [0.717, 1.165) is 28.5 Å². The molecule has 1 aromatic carbocycles.